The molecule has 0 bridgehead atoms. The van der Waals surface area contributed by atoms with Gasteiger partial charge >= 0.3 is 12.0 Å². The molecule has 33 heavy (non-hydrogen) atoms. The van der Waals surface area contributed by atoms with Gasteiger partial charge in [-0.1, -0.05) is 31.5 Å². The lowest BCUT2D eigenvalue weighted by Crippen LogP contribution is -2.08. The Kier molecular flexibility index (Phi) is 6.63. The lowest BCUT2D eigenvalue weighted by atomic mass is 10.1. The van der Waals surface area contributed by atoms with Crippen LogP contribution < -0.4 is 10.5 Å². The molecule has 0 radical (unpaired) electrons. The third-order valence-corrected chi connectivity index (χ3v) is 4.91. The van der Waals surface area contributed by atoms with E-state index >= 15 is 0 Å². The van der Waals surface area contributed by atoms with Crippen molar-refractivity contribution in [1.82, 2.24) is 24.5 Å². The van der Waals surface area contributed by atoms with Gasteiger partial charge < -0.3 is 20.3 Å². The Labute approximate surface area is 190 Å². The van der Waals surface area contributed by atoms with Crippen LogP contribution in [0, 0.1) is 0 Å². The van der Waals surface area contributed by atoms with Crippen LogP contribution in [0.1, 0.15) is 41.3 Å². The maximum atomic E-state index is 12.5. The Morgan fingerprint density at radius 1 is 1.15 bits per heavy atom. The third kappa shape index (κ3) is 5.17. The van der Waals surface area contributed by atoms with Gasteiger partial charge in [-0.15, -0.1) is 0 Å². The summed E-state index contributed by atoms with van der Waals surface area (Å²) in [7, 11) is 0. The summed E-state index contributed by atoms with van der Waals surface area (Å²) in [4.78, 5) is 29.1. The molecule has 0 aliphatic rings. The summed E-state index contributed by atoms with van der Waals surface area (Å²) in [6, 6.07) is 10.4. The summed E-state index contributed by atoms with van der Waals surface area (Å²) < 4.78 is 12.4. The minimum Gasteiger partial charge on any atom is -0.480 e. The van der Waals surface area contributed by atoms with Crippen molar-refractivity contribution in [3.63, 3.8) is 0 Å². The number of rotatable bonds is 9. The molecule has 0 unspecified atom stereocenters. The highest BCUT2D eigenvalue weighted by molar-refractivity contribution is 5.89. The average Bonchev–Trinajstić information content (AvgIpc) is 3.14. The summed E-state index contributed by atoms with van der Waals surface area (Å²) in [6.45, 7) is 2.85. The molecule has 10 heteroatoms. The second-order valence-corrected chi connectivity index (χ2v) is 7.40. The summed E-state index contributed by atoms with van der Waals surface area (Å²) in [5, 5.41) is 10.4. The number of ether oxygens (including phenoxy) is 2. The van der Waals surface area contributed by atoms with Gasteiger partial charge in [0.05, 0.1) is 18.7 Å². The molecular weight excluding hydrogens is 424 g/mol. The summed E-state index contributed by atoms with van der Waals surface area (Å²) in [6.07, 6.45) is 5.13. The number of benzene rings is 1. The molecule has 3 N–H and O–H groups in total. The Morgan fingerprint density at radius 2 is 2.00 bits per heavy atom. The lowest BCUT2D eigenvalue weighted by Gasteiger charge is -2.09. The number of aromatic nitrogens is 5. The number of nitrogens with two attached hydrogens (primary N) is 1. The van der Waals surface area contributed by atoms with Crippen LogP contribution >= 0.6 is 0 Å². The minimum absolute atomic E-state index is 0.119. The number of nitrogen functional groups attached to an aromatic ring is 1. The number of unbranched alkanes of at least 4 members (excludes halogenated alkanes) is 1. The van der Waals surface area contributed by atoms with E-state index in [1.54, 1.807) is 36.7 Å². The molecule has 0 saturated carbocycles. The molecule has 10 nitrogen and oxygen atoms in total. The maximum absolute atomic E-state index is 12.5. The van der Waals surface area contributed by atoms with Crippen LogP contribution in [0.25, 0.3) is 11.2 Å². The van der Waals surface area contributed by atoms with E-state index in [-0.39, 0.29) is 36.5 Å². The van der Waals surface area contributed by atoms with Crippen molar-refractivity contribution in [2.45, 2.75) is 32.9 Å². The number of aromatic hydroxyl groups is 1. The van der Waals surface area contributed by atoms with Gasteiger partial charge in [0.1, 0.15) is 6.61 Å². The molecule has 0 amide bonds. The van der Waals surface area contributed by atoms with E-state index in [2.05, 4.69) is 26.9 Å². The van der Waals surface area contributed by atoms with E-state index in [1.165, 1.54) is 4.57 Å². The first-order valence-electron chi connectivity index (χ1n) is 10.6. The third-order valence-electron chi connectivity index (χ3n) is 4.91. The summed E-state index contributed by atoms with van der Waals surface area (Å²) in [5.41, 5.74) is 8.55. The Balaban J connectivity index is 1.54. The predicted octanol–water partition coefficient (Wildman–Crippen LogP) is 3.09. The topological polar surface area (TPSA) is 138 Å². The highest BCUT2D eigenvalue weighted by Crippen LogP contribution is 2.26. The second kappa shape index (κ2) is 9.94. The first-order valence-corrected chi connectivity index (χ1v) is 10.6. The Morgan fingerprint density at radius 3 is 2.79 bits per heavy atom. The largest absolute Gasteiger partial charge is 0.480 e. The molecule has 0 aliphatic carbocycles. The van der Waals surface area contributed by atoms with Gasteiger partial charge in [-0.25, -0.2) is 4.79 Å². The Bertz CT molecular complexity index is 1260. The van der Waals surface area contributed by atoms with Crippen molar-refractivity contribution in [2.75, 3.05) is 12.3 Å². The zero-order valence-electron chi connectivity index (χ0n) is 18.1. The number of fused-ring (bicyclic) bond motifs is 1. The maximum Gasteiger partial charge on any atom is 0.338 e. The van der Waals surface area contributed by atoms with Gasteiger partial charge in [0.15, 0.2) is 17.0 Å². The van der Waals surface area contributed by atoms with Gasteiger partial charge in [-0.05, 0) is 30.2 Å². The van der Waals surface area contributed by atoms with Crippen LogP contribution in [-0.2, 0) is 17.9 Å². The van der Waals surface area contributed by atoms with Gasteiger partial charge in [0.2, 0.25) is 0 Å². The van der Waals surface area contributed by atoms with Crippen molar-refractivity contribution in [3.05, 3.63) is 65.5 Å². The molecule has 170 valence electrons. The van der Waals surface area contributed by atoms with Gasteiger partial charge in [0.25, 0.3) is 6.01 Å². The second-order valence-electron chi connectivity index (χ2n) is 7.40. The van der Waals surface area contributed by atoms with Crippen LogP contribution in [0.2, 0.25) is 0 Å². The zero-order chi connectivity index (χ0) is 23.2. The lowest BCUT2D eigenvalue weighted by molar-refractivity contribution is 0.0472. The van der Waals surface area contributed by atoms with Crippen molar-refractivity contribution in [2.24, 2.45) is 0 Å². The number of hydrogen-bond donors (Lipinski definition) is 2. The molecular formula is C23H24N6O4. The van der Waals surface area contributed by atoms with E-state index in [4.69, 9.17) is 15.2 Å². The predicted molar refractivity (Wildman–Crippen MR) is 121 cm³/mol. The number of hydrogen-bond acceptors (Lipinski definition) is 9. The van der Waals surface area contributed by atoms with E-state index < -0.39 is 5.97 Å². The molecule has 3 heterocycles. The molecule has 4 aromatic rings. The Hall–Kier alpha value is -4.21. The number of pyridine rings is 1. The minimum atomic E-state index is -0.460. The molecule has 1 aromatic carbocycles. The molecule has 3 aromatic heterocycles. The van der Waals surface area contributed by atoms with Crippen molar-refractivity contribution in [1.29, 1.82) is 0 Å². The van der Waals surface area contributed by atoms with Crippen LogP contribution in [-0.4, -0.2) is 42.2 Å². The number of anilines is 1. The molecule has 0 aliphatic heterocycles. The number of nitrogens with zero attached hydrogens (tertiary/aromatic N) is 5. The first-order chi connectivity index (χ1) is 16.0. The van der Waals surface area contributed by atoms with Gasteiger partial charge in [0, 0.05) is 18.0 Å². The molecule has 0 spiro atoms. The fourth-order valence-corrected chi connectivity index (χ4v) is 3.20. The van der Waals surface area contributed by atoms with Crippen molar-refractivity contribution in [3.8, 4) is 12.0 Å². The monoisotopic (exact) mass is 448 g/mol. The SMILES string of the molecule is CCCCOc1nc(N)c2nc(O)n(Cc3cccc(C(=O)OCc4cccnc4)c3)c2n1. The summed E-state index contributed by atoms with van der Waals surface area (Å²) >= 11 is 0. The van der Waals surface area contributed by atoms with Crippen LogP contribution in [0.5, 0.6) is 12.0 Å². The van der Waals surface area contributed by atoms with Gasteiger partial charge in [-0.3, -0.25) is 9.55 Å². The van der Waals surface area contributed by atoms with Crippen LogP contribution in [0.3, 0.4) is 0 Å². The molecule has 0 saturated heterocycles. The van der Waals surface area contributed by atoms with E-state index in [0.717, 1.165) is 24.0 Å². The first kappa shape index (κ1) is 22.0. The number of carbonyl (C=O) groups excluding carboxylic acids is 1. The van der Waals surface area contributed by atoms with Crippen LogP contribution in [0.4, 0.5) is 5.82 Å². The van der Waals surface area contributed by atoms with Crippen molar-refractivity contribution >= 4 is 23.0 Å². The van der Waals surface area contributed by atoms with Gasteiger partial charge in [-0.2, -0.15) is 15.0 Å². The smallest absolute Gasteiger partial charge is 0.338 e. The highest BCUT2D eigenvalue weighted by Gasteiger charge is 2.18. The van der Waals surface area contributed by atoms with E-state index in [9.17, 15) is 9.90 Å². The highest BCUT2D eigenvalue weighted by atomic mass is 16.5. The quantitative estimate of drug-likeness (QED) is 0.292. The van der Waals surface area contributed by atoms with E-state index in [0.29, 0.717) is 17.8 Å². The standard InChI is InChI=1S/C23H24N6O4/c1-2-3-10-32-22-27-19(24)18-20(28-22)29(23(31)26-18)13-15-6-4-8-17(11-15)21(30)33-14-16-7-5-9-25-12-16/h4-9,11-12H,2-3,10,13-14H2,1H3,(H,26,31)(H2,24,27,28). The van der Waals surface area contributed by atoms with E-state index in [1.807, 2.05) is 12.1 Å². The molecule has 0 fully saturated rings. The average molecular weight is 448 g/mol. The fraction of sp³-hybridized carbons (Fsp3) is 0.261. The number of imidazole rings is 1. The summed E-state index contributed by atoms with van der Waals surface area (Å²) in [5.74, 6) is -0.341. The van der Waals surface area contributed by atoms with Crippen LogP contribution in [0.15, 0.2) is 48.8 Å². The number of esters is 1. The van der Waals surface area contributed by atoms with Crippen molar-refractivity contribution < 1.29 is 19.4 Å². The zero-order valence-corrected chi connectivity index (χ0v) is 18.1. The number of carbonyl (C=O) groups is 1. The molecule has 0 atom stereocenters. The fourth-order valence-electron chi connectivity index (χ4n) is 3.20. The molecule has 4 rings (SSSR count). The normalized spacial score (nSPS) is 10.9.